The van der Waals surface area contributed by atoms with E-state index in [4.69, 9.17) is 16.7 Å². The van der Waals surface area contributed by atoms with E-state index in [2.05, 4.69) is 10.6 Å². The van der Waals surface area contributed by atoms with E-state index in [0.717, 1.165) is 23.1 Å². The maximum absolute atomic E-state index is 12.5. The van der Waals surface area contributed by atoms with Crippen molar-refractivity contribution in [2.45, 2.75) is 4.90 Å². The Morgan fingerprint density at radius 1 is 0.788 bits per heavy atom. The first-order valence-electron chi connectivity index (χ1n) is 9.43. The summed E-state index contributed by atoms with van der Waals surface area (Å²) in [5.74, 6) is -3.43. The maximum atomic E-state index is 12.5. The molecule has 0 aliphatic carbocycles. The fourth-order valence-electron chi connectivity index (χ4n) is 2.80. The summed E-state index contributed by atoms with van der Waals surface area (Å²) < 4.78 is 0. The lowest BCUT2D eigenvalue weighted by Crippen LogP contribution is -2.17. The molecule has 0 saturated carbocycles. The van der Waals surface area contributed by atoms with Crippen LogP contribution in [0.15, 0.2) is 71.6 Å². The zero-order chi connectivity index (χ0) is 24.0. The van der Waals surface area contributed by atoms with Gasteiger partial charge in [0.1, 0.15) is 0 Å². The molecule has 0 bridgehead atoms. The predicted octanol–water partition coefficient (Wildman–Crippen LogP) is 4.72. The molecule has 0 aromatic heterocycles. The maximum Gasteiger partial charge on any atom is 0.336 e. The third-order valence-corrected chi connectivity index (χ3v) is 5.58. The highest BCUT2D eigenvalue weighted by atomic mass is 35.5. The molecule has 0 fully saturated rings. The first kappa shape index (κ1) is 23.8. The highest BCUT2D eigenvalue weighted by molar-refractivity contribution is 8.00. The molecule has 3 aromatic carbocycles. The summed E-state index contributed by atoms with van der Waals surface area (Å²) in [7, 11) is 0. The van der Waals surface area contributed by atoms with E-state index in [-0.39, 0.29) is 22.8 Å². The second-order valence-electron chi connectivity index (χ2n) is 6.70. The molecule has 0 saturated heterocycles. The highest BCUT2D eigenvalue weighted by Crippen LogP contribution is 2.22. The van der Waals surface area contributed by atoms with Crippen LogP contribution in [0.4, 0.5) is 11.4 Å². The Kier molecular flexibility index (Phi) is 7.70. The number of thioether (sulfide) groups is 1. The molecular formula is C23H17ClN2O6S. The van der Waals surface area contributed by atoms with E-state index < -0.39 is 23.4 Å². The fraction of sp³-hybridized carbons (Fsp3) is 0.0435. The first-order chi connectivity index (χ1) is 15.7. The van der Waals surface area contributed by atoms with Crippen molar-refractivity contribution < 1.29 is 29.4 Å². The van der Waals surface area contributed by atoms with Gasteiger partial charge >= 0.3 is 11.9 Å². The van der Waals surface area contributed by atoms with E-state index in [9.17, 15) is 24.3 Å². The molecule has 10 heteroatoms. The van der Waals surface area contributed by atoms with Crippen LogP contribution in [-0.2, 0) is 4.79 Å². The Bertz CT molecular complexity index is 1230. The van der Waals surface area contributed by atoms with Crippen LogP contribution in [0, 0.1) is 0 Å². The molecule has 3 aromatic rings. The van der Waals surface area contributed by atoms with Crippen molar-refractivity contribution in [1.82, 2.24) is 0 Å². The van der Waals surface area contributed by atoms with Crippen molar-refractivity contribution in [2.75, 3.05) is 16.4 Å². The molecular weight excluding hydrogens is 468 g/mol. The van der Waals surface area contributed by atoms with Crippen LogP contribution in [0.3, 0.4) is 0 Å². The van der Waals surface area contributed by atoms with Gasteiger partial charge in [-0.2, -0.15) is 0 Å². The van der Waals surface area contributed by atoms with Crippen molar-refractivity contribution in [1.29, 1.82) is 0 Å². The number of nitrogens with one attached hydrogen (secondary N) is 2. The van der Waals surface area contributed by atoms with Gasteiger partial charge in [-0.05, 0) is 60.7 Å². The van der Waals surface area contributed by atoms with Gasteiger partial charge in [-0.15, -0.1) is 11.8 Å². The van der Waals surface area contributed by atoms with Gasteiger partial charge in [-0.1, -0.05) is 17.7 Å². The van der Waals surface area contributed by atoms with Gasteiger partial charge in [0.2, 0.25) is 5.91 Å². The molecule has 0 spiro atoms. The zero-order valence-corrected chi connectivity index (χ0v) is 18.4. The van der Waals surface area contributed by atoms with E-state index >= 15 is 0 Å². The minimum atomic E-state index is -1.41. The number of carbonyl (C=O) groups excluding carboxylic acids is 2. The first-order valence-corrected chi connectivity index (χ1v) is 10.8. The molecule has 0 heterocycles. The molecule has 33 heavy (non-hydrogen) atoms. The number of benzene rings is 3. The second-order valence-corrected chi connectivity index (χ2v) is 8.18. The van der Waals surface area contributed by atoms with E-state index in [0.29, 0.717) is 16.4 Å². The molecule has 0 radical (unpaired) electrons. The van der Waals surface area contributed by atoms with Gasteiger partial charge in [-0.3, -0.25) is 9.59 Å². The van der Waals surface area contributed by atoms with Gasteiger partial charge in [-0.25, -0.2) is 9.59 Å². The van der Waals surface area contributed by atoms with Crippen LogP contribution in [0.25, 0.3) is 0 Å². The standard InChI is InChI=1S/C23H17ClN2O6S/c24-14-2-1-3-16(11-14)25-20(27)12-33-17-7-5-15(6-8-17)26-21(28)18-9-4-13(22(29)30)10-19(18)23(31)32/h1-11H,12H2,(H,25,27)(H,26,28)(H,29,30)(H,31,32). The number of halogens is 1. The Morgan fingerprint density at radius 2 is 1.52 bits per heavy atom. The van der Waals surface area contributed by atoms with Crippen LogP contribution in [0.5, 0.6) is 0 Å². The van der Waals surface area contributed by atoms with Gasteiger partial charge < -0.3 is 20.8 Å². The Balaban J connectivity index is 1.60. The largest absolute Gasteiger partial charge is 0.478 e. The number of hydrogen-bond donors (Lipinski definition) is 4. The normalized spacial score (nSPS) is 10.3. The molecule has 0 aliphatic heterocycles. The zero-order valence-electron chi connectivity index (χ0n) is 16.9. The molecule has 2 amide bonds. The summed E-state index contributed by atoms with van der Waals surface area (Å²) in [6.45, 7) is 0. The smallest absolute Gasteiger partial charge is 0.336 e. The molecule has 0 aliphatic rings. The number of carboxylic acids is 2. The lowest BCUT2D eigenvalue weighted by molar-refractivity contribution is -0.113. The average Bonchev–Trinajstić information content (AvgIpc) is 2.78. The summed E-state index contributed by atoms with van der Waals surface area (Å²) in [6, 6.07) is 16.7. The second kappa shape index (κ2) is 10.7. The number of rotatable bonds is 8. The Hall–Kier alpha value is -3.82. The van der Waals surface area contributed by atoms with E-state index in [1.165, 1.54) is 11.8 Å². The topological polar surface area (TPSA) is 133 Å². The number of anilines is 2. The quantitative estimate of drug-likeness (QED) is 0.340. The summed E-state index contributed by atoms with van der Waals surface area (Å²) in [6.07, 6.45) is 0. The summed E-state index contributed by atoms with van der Waals surface area (Å²) in [4.78, 5) is 47.9. The molecule has 3 rings (SSSR count). The van der Waals surface area contributed by atoms with Crippen LogP contribution in [-0.4, -0.2) is 39.7 Å². The summed E-state index contributed by atoms with van der Waals surface area (Å²) in [5, 5.41) is 24.2. The third kappa shape index (κ3) is 6.58. The van der Waals surface area contributed by atoms with Gasteiger partial charge in [0.05, 0.1) is 22.4 Å². The molecule has 0 atom stereocenters. The lowest BCUT2D eigenvalue weighted by Gasteiger charge is -2.10. The van der Waals surface area contributed by atoms with Crippen LogP contribution in [0.1, 0.15) is 31.1 Å². The summed E-state index contributed by atoms with van der Waals surface area (Å²) in [5.41, 5.74) is 0.202. The molecule has 168 valence electrons. The minimum absolute atomic E-state index is 0.163. The van der Waals surface area contributed by atoms with Crippen molar-refractivity contribution in [2.24, 2.45) is 0 Å². The average molecular weight is 485 g/mol. The number of carboxylic acid groups (broad SMARTS) is 2. The number of aromatic carboxylic acids is 2. The van der Waals surface area contributed by atoms with E-state index in [1.807, 2.05) is 0 Å². The van der Waals surface area contributed by atoms with Crippen LogP contribution < -0.4 is 10.6 Å². The van der Waals surface area contributed by atoms with Crippen molar-refractivity contribution >= 4 is 58.5 Å². The van der Waals surface area contributed by atoms with Crippen LogP contribution >= 0.6 is 23.4 Å². The lowest BCUT2D eigenvalue weighted by atomic mass is 10.0. The molecule has 0 unspecified atom stereocenters. The monoisotopic (exact) mass is 484 g/mol. The van der Waals surface area contributed by atoms with Crippen molar-refractivity contribution in [3.8, 4) is 0 Å². The molecule has 4 N–H and O–H groups in total. The minimum Gasteiger partial charge on any atom is -0.478 e. The van der Waals surface area contributed by atoms with Gasteiger partial charge in [0, 0.05) is 21.3 Å². The third-order valence-electron chi connectivity index (χ3n) is 4.33. The predicted molar refractivity (Wildman–Crippen MR) is 126 cm³/mol. The number of carbonyl (C=O) groups is 4. The van der Waals surface area contributed by atoms with Gasteiger partial charge in [0.25, 0.3) is 5.91 Å². The van der Waals surface area contributed by atoms with Crippen LogP contribution in [0.2, 0.25) is 5.02 Å². The number of amides is 2. The Morgan fingerprint density at radius 3 is 2.15 bits per heavy atom. The van der Waals surface area contributed by atoms with Crippen molar-refractivity contribution in [3.05, 3.63) is 88.4 Å². The Labute approximate surface area is 197 Å². The SMILES string of the molecule is O=C(CSc1ccc(NC(=O)c2ccc(C(=O)O)cc2C(=O)O)cc1)Nc1cccc(Cl)c1. The van der Waals surface area contributed by atoms with E-state index in [1.54, 1.807) is 48.5 Å². The fourth-order valence-corrected chi connectivity index (χ4v) is 3.69. The van der Waals surface area contributed by atoms with Gasteiger partial charge in [0.15, 0.2) is 0 Å². The highest BCUT2D eigenvalue weighted by Gasteiger charge is 2.19. The molecule has 8 nitrogen and oxygen atoms in total. The summed E-state index contributed by atoms with van der Waals surface area (Å²) >= 11 is 7.19. The number of hydrogen-bond acceptors (Lipinski definition) is 5. The van der Waals surface area contributed by atoms with Crippen molar-refractivity contribution in [3.63, 3.8) is 0 Å².